The van der Waals surface area contributed by atoms with E-state index in [4.69, 9.17) is 19.8 Å². The lowest BCUT2D eigenvalue weighted by Gasteiger charge is -2.32. The minimum Gasteiger partial charge on any atom is -0.489 e. The summed E-state index contributed by atoms with van der Waals surface area (Å²) < 4.78 is 18.3. The van der Waals surface area contributed by atoms with Crippen molar-refractivity contribution in [2.75, 3.05) is 0 Å². The maximum absolute atomic E-state index is 6.12. The Morgan fingerprint density at radius 1 is 1.29 bits per heavy atom. The molecule has 2 fully saturated rings. The van der Waals surface area contributed by atoms with Crippen LogP contribution in [0.3, 0.4) is 0 Å². The van der Waals surface area contributed by atoms with Crippen LogP contribution in [0, 0.1) is 0 Å². The minimum absolute atomic E-state index is 0.278. The molecule has 0 unspecified atom stereocenters. The van der Waals surface area contributed by atoms with Gasteiger partial charge >= 0.3 is 7.12 Å². The number of rotatable bonds is 4. The van der Waals surface area contributed by atoms with Crippen LogP contribution in [0.2, 0.25) is 0 Å². The first-order valence-corrected chi connectivity index (χ1v) is 7.54. The standard InChI is InChI=1S/C15H23BN2O3/c1-14(2)15(3,4)21-16(20-14)11-7-8-18-12(9-17)13(11)19-10-5-6-10/h7-8,10H,5-6,9,17H2,1-4H3. The summed E-state index contributed by atoms with van der Waals surface area (Å²) in [5.41, 5.74) is 6.69. The molecule has 0 atom stereocenters. The summed E-state index contributed by atoms with van der Waals surface area (Å²) in [4.78, 5) is 4.32. The van der Waals surface area contributed by atoms with Crippen LogP contribution < -0.4 is 15.9 Å². The second-order valence-electron chi connectivity index (χ2n) is 6.79. The largest absolute Gasteiger partial charge is 0.498 e. The Kier molecular flexibility index (Phi) is 3.51. The molecule has 1 aliphatic carbocycles. The fraction of sp³-hybridized carbons (Fsp3) is 0.667. The Morgan fingerprint density at radius 3 is 2.43 bits per heavy atom. The lowest BCUT2D eigenvalue weighted by molar-refractivity contribution is 0.00578. The van der Waals surface area contributed by atoms with Crippen molar-refractivity contribution in [3.05, 3.63) is 18.0 Å². The Balaban J connectivity index is 1.95. The molecule has 0 spiro atoms. The number of nitrogens with two attached hydrogens (primary N) is 1. The van der Waals surface area contributed by atoms with Crippen molar-refractivity contribution in [2.45, 2.75) is 64.4 Å². The molecule has 6 heteroatoms. The first kappa shape index (κ1) is 14.8. The molecule has 2 N–H and O–H groups in total. The van der Waals surface area contributed by atoms with E-state index in [9.17, 15) is 0 Å². The van der Waals surface area contributed by atoms with Gasteiger partial charge in [0.05, 0.1) is 23.0 Å². The van der Waals surface area contributed by atoms with Gasteiger partial charge in [0.1, 0.15) is 5.75 Å². The Hall–Kier alpha value is -1.11. The van der Waals surface area contributed by atoms with Crippen molar-refractivity contribution < 1.29 is 14.0 Å². The quantitative estimate of drug-likeness (QED) is 0.849. The van der Waals surface area contributed by atoms with Gasteiger partial charge in [0.25, 0.3) is 0 Å². The van der Waals surface area contributed by atoms with Gasteiger partial charge in [-0.15, -0.1) is 0 Å². The fourth-order valence-corrected chi connectivity index (χ4v) is 2.30. The number of hydrogen-bond acceptors (Lipinski definition) is 5. The zero-order chi connectivity index (χ0) is 15.3. The van der Waals surface area contributed by atoms with E-state index in [1.165, 1.54) is 0 Å². The molecule has 2 aliphatic rings. The molecule has 2 heterocycles. The summed E-state index contributed by atoms with van der Waals surface area (Å²) in [5, 5.41) is 0. The van der Waals surface area contributed by atoms with Gasteiger partial charge < -0.3 is 19.8 Å². The predicted octanol–water partition coefficient (Wildman–Crippen LogP) is 1.38. The summed E-state index contributed by atoms with van der Waals surface area (Å²) in [6.45, 7) is 8.51. The van der Waals surface area contributed by atoms with Crippen molar-refractivity contribution in [3.63, 3.8) is 0 Å². The lowest BCUT2D eigenvalue weighted by atomic mass is 9.78. The summed E-state index contributed by atoms with van der Waals surface area (Å²) in [6.07, 6.45) is 4.19. The maximum atomic E-state index is 6.12. The highest BCUT2D eigenvalue weighted by molar-refractivity contribution is 6.63. The van der Waals surface area contributed by atoms with Crippen molar-refractivity contribution in [1.82, 2.24) is 4.98 Å². The predicted molar refractivity (Wildman–Crippen MR) is 81.5 cm³/mol. The van der Waals surface area contributed by atoms with Crippen LogP contribution in [-0.2, 0) is 15.9 Å². The number of aromatic nitrogens is 1. The molecule has 0 aromatic carbocycles. The Morgan fingerprint density at radius 2 is 1.90 bits per heavy atom. The van der Waals surface area contributed by atoms with Gasteiger partial charge in [0, 0.05) is 18.2 Å². The van der Waals surface area contributed by atoms with Crippen LogP contribution in [0.15, 0.2) is 12.3 Å². The van der Waals surface area contributed by atoms with Crippen molar-refractivity contribution in [2.24, 2.45) is 5.73 Å². The summed E-state index contributed by atoms with van der Waals surface area (Å²) >= 11 is 0. The van der Waals surface area contributed by atoms with Crippen LogP contribution in [0.5, 0.6) is 5.75 Å². The molecule has 21 heavy (non-hydrogen) atoms. The maximum Gasteiger partial charge on any atom is 0.498 e. The van der Waals surface area contributed by atoms with Gasteiger partial charge in [-0.1, -0.05) is 0 Å². The van der Waals surface area contributed by atoms with E-state index in [-0.39, 0.29) is 17.3 Å². The molecule has 1 saturated carbocycles. The third-order valence-corrected chi connectivity index (χ3v) is 4.52. The summed E-state index contributed by atoms with van der Waals surface area (Å²) in [6, 6.07) is 1.90. The monoisotopic (exact) mass is 290 g/mol. The van der Waals surface area contributed by atoms with Crippen molar-refractivity contribution in [3.8, 4) is 5.75 Å². The third-order valence-electron chi connectivity index (χ3n) is 4.52. The smallest absolute Gasteiger partial charge is 0.489 e. The summed E-state index contributed by atoms with van der Waals surface area (Å²) in [5.74, 6) is 0.737. The highest BCUT2D eigenvalue weighted by atomic mass is 16.7. The SMILES string of the molecule is CC1(C)OB(c2ccnc(CN)c2OC2CC2)OC1(C)C. The van der Waals surface area contributed by atoms with Gasteiger partial charge in [0.2, 0.25) is 0 Å². The van der Waals surface area contributed by atoms with Crippen molar-refractivity contribution in [1.29, 1.82) is 0 Å². The lowest BCUT2D eigenvalue weighted by Crippen LogP contribution is -2.41. The highest BCUT2D eigenvalue weighted by Crippen LogP contribution is 2.38. The molecular weight excluding hydrogens is 267 g/mol. The van der Waals surface area contributed by atoms with Gasteiger partial charge in [0.15, 0.2) is 0 Å². The van der Waals surface area contributed by atoms with E-state index in [1.54, 1.807) is 6.20 Å². The molecule has 1 aromatic rings. The molecule has 1 aliphatic heterocycles. The average molecular weight is 290 g/mol. The van der Waals surface area contributed by atoms with Gasteiger partial charge in [-0.05, 0) is 46.6 Å². The number of pyridine rings is 1. The Bertz CT molecular complexity index is 528. The minimum atomic E-state index is -0.447. The van der Waals surface area contributed by atoms with E-state index < -0.39 is 7.12 Å². The molecule has 0 amide bonds. The van der Waals surface area contributed by atoms with Gasteiger partial charge in [-0.25, -0.2) is 0 Å². The molecule has 0 bridgehead atoms. The van der Waals surface area contributed by atoms with Crippen molar-refractivity contribution >= 4 is 12.6 Å². The van der Waals surface area contributed by atoms with E-state index in [0.717, 1.165) is 29.7 Å². The average Bonchev–Trinajstić information content (AvgIpc) is 3.17. The molecule has 114 valence electrons. The van der Waals surface area contributed by atoms with E-state index in [2.05, 4.69) is 4.98 Å². The van der Waals surface area contributed by atoms with Crippen LogP contribution in [0.4, 0.5) is 0 Å². The van der Waals surface area contributed by atoms with E-state index >= 15 is 0 Å². The van der Waals surface area contributed by atoms with Crippen LogP contribution in [0.25, 0.3) is 0 Å². The number of nitrogens with zero attached hydrogens (tertiary/aromatic N) is 1. The third kappa shape index (κ3) is 2.68. The second kappa shape index (κ2) is 4.97. The van der Waals surface area contributed by atoms with E-state index in [1.807, 2.05) is 33.8 Å². The summed E-state index contributed by atoms with van der Waals surface area (Å²) in [7, 11) is -0.447. The second-order valence-corrected chi connectivity index (χ2v) is 6.79. The topological polar surface area (TPSA) is 66.6 Å². The molecule has 5 nitrogen and oxygen atoms in total. The molecule has 1 saturated heterocycles. The van der Waals surface area contributed by atoms with Gasteiger partial charge in [-0.2, -0.15) is 0 Å². The van der Waals surface area contributed by atoms with Crippen LogP contribution in [-0.4, -0.2) is 29.4 Å². The van der Waals surface area contributed by atoms with E-state index in [0.29, 0.717) is 6.54 Å². The number of ether oxygens (including phenoxy) is 1. The fourth-order valence-electron chi connectivity index (χ4n) is 2.30. The normalized spacial score (nSPS) is 23.4. The molecular formula is C15H23BN2O3. The van der Waals surface area contributed by atoms with Gasteiger partial charge in [-0.3, -0.25) is 4.98 Å². The molecule has 0 radical (unpaired) electrons. The highest BCUT2D eigenvalue weighted by Gasteiger charge is 2.52. The van der Waals surface area contributed by atoms with Crippen LogP contribution in [0.1, 0.15) is 46.2 Å². The first-order chi connectivity index (χ1) is 9.84. The Labute approximate surface area is 126 Å². The zero-order valence-electron chi connectivity index (χ0n) is 13.2. The molecule has 1 aromatic heterocycles. The molecule has 3 rings (SSSR count). The number of hydrogen-bond donors (Lipinski definition) is 1. The zero-order valence-corrected chi connectivity index (χ0v) is 13.2. The first-order valence-electron chi connectivity index (χ1n) is 7.54. The van der Waals surface area contributed by atoms with Crippen LogP contribution >= 0.6 is 0 Å².